The summed E-state index contributed by atoms with van der Waals surface area (Å²) in [4.78, 5) is 9.37. The molecule has 1 aromatic carbocycles. The van der Waals surface area contributed by atoms with Crippen LogP contribution in [-0.2, 0) is 6.42 Å². The largest absolute Gasteiger partial charge is 0.492 e. The van der Waals surface area contributed by atoms with Crippen molar-refractivity contribution >= 4 is 5.82 Å². The van der Waals surface area contributed by atoms with Crippen LogP contribution < -0.4 is 10.1 Å². The summed E-state index contributed by atoms with van der Waals surface area (Å²) in [5, 5.41) is 3.30. The number of anilines is 1. The minimum absolute atomic E-state index is 0.751. The number of fused-ring (bicyclic) bond motifs is 1. The van der Waals surface area contributed by atoms with E-state index in [1.807, 2.05) is 13.8 Å². The van der Waals surface area contributed by atoms with Gasteiger partial charge in [0.05, 0.1) is 18.0 Å². The minimum Gasteiger partial charge on any atom is -0.492 e. The van der Waals surface area contributed by atoms with E-state index in [9.17, 15) is 0 Å². The molecule has 1 aliphatic rings. The molecule has 0 unspecified atom stereocenters. The zero-order chi connectivity index (χ0) is 14.1. The van der Waals surface area contributed by atoms with Crippen molar-refractivity contribution in [3.8, 4) is 17.0 Å². The summed E-state index contributed by atoms with van der Waals surface area (Å²) in [7, 11) is 0. The van der Waals surface area contributed by atoms with Crippen molar-refractivity contribution in [2.24, 2.45) is 0 Å². The first-order valence-electron chi connectivity index (χ1n) is 7.05. The highest BCUT2D eigenvalue weighted by Crippen LogP contribution is 2.38. The van der Waals surface area contributed by atoms with Crippen LogP contribution in [0.5, 0.6) is 5.75 Å². The van der Waals surface area contributed by atoms with E-state index in [4.69, 9.17) is 9.72 Å². The van der Waals surface area contributed by atoms with Gasteiger partial charge < -0.3 is 10.1 Å². The Bertz CT molecular complexity index is 652. The van der Waals surface area contributed by atoms with Crippen LogP contribution in [0.15, 0.2) is 18.2 Å². The van der Waals surface area contributed by atoms with Crippen LogP contribution in [0.25, 0.3) is 11.3 Å². The van der Waals surface area contributed by atoms with Crippen molar-refractivity contribution in [3.05, 3.63) is 35.2 Å². The Hall–Kier alpha value is -2.10. The third-order valence-corrected chi connectivity index (χ3v) is 3.62. The Kier molecular flexibility index (Phi) is 3.30. The number of para-hydroxylation sites is 1. The molecule has 1 aliphatic heterocycles. The number of aryl methyl sites for hydroxylation is 2. The van der Waals surface area contributed by atoms with E-state index in [0.717, 1.165) is 53.8 Å². The number of rotatable bonds is 3. The van der Waals surface area contributed by atoms with Crippen molar-refractivity contribution in [2.75, 3.05) is 18.5 Å². The van der Waals surface area contributed by atoms with Crippen LogP contribution in [0.4, 0.5) is 5.82 Å². The van der Waals surface area contributed by atoms with Gasteiger partial charge in [-0.3, -0.25) is 0 Å². The lowest BCUT2D eigenvalue weighted by atomic mass is 10.0. The molecule has 4 heteroatoms. The molecule has 0 bridgehead atoms. The average Bonchev–Trinajstić information content (AvgIpc) is 2.91. The molecule has 0 fully saturated rings. The van der Waals surface area contributed by atoms with Crippen LogP contribution >= 0.6 is 0 Å². The molecule has 2 heterocycles. The predicted octanol–water partition coefficient (Wildman–Crippen LogP) is 3.13. The van der Waals surface area contributed by atoms with Crippen LogP contribution in [0, 0.1) is 13.8 Å². The molecule has 0 spiro atoms. The molecular formula is C16H19N3O. The second-order valence-corrected chi connectivity index (χ2v) is 5.01. The lowest BCUT2D eigenvalue weighted by Crippen LogP contribution is -2.06. The molecule has 0 atom stereocenters. The molecule has 2 aromatic rings. The first-order chi connectivity index (χ1) is 9.70. The maximum absolute atomic E-state index is 5.79. The Balaban J connectivity index is 2.19. The topological polar surface area (TPSA) is 47.0 Å². The molecule has 0 saturated heterocycles. The number of hydrogen-bond donors (Lipinski definition) is 1. The highest BCUT2D eigenvalue weighted by Gasteiger charge is 2.20. The zero-order valence-corrected chi connectivity index (χ0v) is 12.2. The summed E-state index contributed by atoms with van der Waals surface area (Å²) in [5.74, 6) is 1.80. The smallest absolute Gasteiger partial charge is 0.153 e. The summed E-state index contributed by atoms with van der Waals surface area (Å²) in [6.45, 7) is 7.61. The number of benzene rings is 1. The van der Waals surface area contributed by atoms with Crippen LogP contribution in [0.1, 0.15) is 23.9 Å². The fourth-order valence-electron chi connectivity index (χ4n) is 2.48. The zero-order valence-electron chi connectivity index (χ0n) is 12.2. The fraction of sp³-hybridized carbons (Fsp3) is 0.375. The second kappa shape index (κ2) is 5.12. The third-order valence-electron chi connectivity index (χ3n) is 3.62. The molecule has 4 nitrogen and oxygen atoms in total. The standard InChI is InChI=1S/C16H19N3O/c1-4-17-16-14(18-10(2)11(3)19-16)13-7-5-6-12-8-9-20-15(12)13/h5-7H,4,8-9H2,1-3H3,(H,17,19). The maximum Gasteiger partial charge on any atom is 0.153 e. The van der Waals surface area contributed by atoms with E-state index >= 15 is 0 Å². The summed E-state index contributed by atoms with van der Waals surface area (Å²) in [6.07, 6.45) is 0.970. The first-order valence-corrected chi connectivity index (χ1v) is 7.05. The number of nitrogens with one attached hydrogen (secondary N) is 1. The molecule has 1 aromatic heterocycles. The van der Waals surface area contributed by atoms with Crippen molar-refractivity contribution in [2.45, 2.75) is 27.2 Å². The minimum atomic E-state index is 0.751. The van der Waals surface area contributed by atoms with Gasteiger partial charge in [0.15, 0.2) is 5.82 Å². The van der Waals surface area contributed by atoms with E-state index in [-0.39, 0.29) is 0 Å². The summed E-state index contributed by atoms with van der Waals surface area (Å²) >= 11 is 0. The Labute approximate surface area is 119 Å². The van der Waals surface area contributed by atoms with Gasteiger partial charge in [-0.05, 0) is 32.4 Å². The molecule has 0 amide bonds. The molecule has 0 radical (unpaired) electrons. The van der Waals surface area contributed by atoms with E-state index in [1.54, 1.807) is 0 Å². The van der Waals surface area contributed by atoms with Crippen molar-refractivity contribution < 1.29 is 4.74 Å². The molecule has 0 saturated carbocycles. The number of aromatic nitrogens is 2. The molecule has 3 rings (SSSR count). The van der Waals surface area contributed by atoms with Gasteiger partial charge in [-0.1, -0.05) is 12.1 Å². The van der Waals surface area contributed by atoms with Gasteiger partial charge in [-0.25, -0.2) is 9.97 Å². The quantitative estimate of drug-likeness (QED) is 0.930. The molecule has 1 N–H and O–H groups in total. The van der Waals surface area contributed by atoms with E-state index in [1.165, 1.54) is 5.56 Å². The van der Waals surface area contributed by atoms with Crippen LogP contribution in [0.3, 0.4) is 0 Å². The van der Waals surface area contributed by atoms with Gasteiger partial charge >= 0.3 is 0 Å². The van der Waals surface area contributed by atoms with Crippen LogP contribution in [0.2, 0.25) is 0 Å². The Morgan fingerprint density at radius 1 is 1.20 bits per heavy atom. The van der Waals surface area contributed by atoms with Crippen molar-refractivity contribution in [1.82, 2.24) is 9.97 Å². The lowest BCUT2D eigenvalue weighted by Gasteiger charge is -2.14. The van der Waals surface area contributed by atoms with Gasteiger partial charge in [-0.15, -0.1) is 0 Å². The fourth-order valence-corrected chi connectivity index (χ4v) is 2.48. The predicted molar refractivity (Wildman–Crippen MR) is 80.3 cm³/mol. The first kappa shape index (κ1) is 12.9. The molecule has 0 aliphatic carbocycles. The van der Waals surface area contributed by atoms with Crippen LogP contribution in [-0.4, -0.2) is 23.1 Å². The number of hydrogen-bond acceptors (Lipinski definition) is 4. The van der Waals surface area contributed by atoms with Crippen molar-refractivity contribution in [3.63, 3.8) is 0 Å². The van der Waals surface area contributed by atoms with Gasteiger partial charge in [0.2, 0.25) is 0 Å². The van der Waals surface area contributed by atoms with E-state index in [0.29, 0.717) is 0 Å². The monoisotopic (exact) mass is 269 g/mol. The van der Waals surface area contributed by atoms with E-state index < -0.39 is 0 Å². The molecule has 104 valence electrons. The third kappa shape index (κ3) is 2.11. The summed E-state index contributed by atoms with van der Waals surface area (Å²) < 4.78 is 5.79. The number of nitrogens with zero attached hydrogens (tertiary/aromatic N) is 2. The average molecular weight is 269 g/mol. The lowest BCUT2D eigenvalue weighted by molar-refractivity contribution is 0.358. The Morgan fingerprint density at radius 2 is 2.00 bits per heavy atom. The molecule has 20 heavy (non-hydrogen) atoms. The highest BCUT2D eigenvalue weighted by molar-refractivity contribution is 5.78. The molecular weight excluding hydrogens is 250 g/mol. The van der Waals surface area contributed by atoms with E-state index in [2.05, 4.69) is 35.4 Å². The Morgan fingerprint density at radius 3 is 2.80 bits per heavy atom. The van der Waals surface area contributed by atoms with Crippen molar-refractivity contribution in [1.29, 1.82) is 0 Å². The SMILES string of the molecule is CCNc1nc(C)c(C)nc1-c1cccc2c1OCC2. The maximum atomic E-state index is 5.79. The second-order valence-electron chi connectivity index (χ2n) is 5.01. The number of ether oxygens (including phenoxy) is 1. The van der Waals surface area contributed by atoms with Gasteiger partial charge in [-0.2, -0.15) is 0 Å². The summed E-state index contributed by atoms with van der Waals surface area (Å²) in [5.41, 5.74) is 5.08. The van der Waals surface area contributed by atoms with Gasteiger partial charge in [0.25, 0.3) is 0 Å². The normalized spacial score (nSPS) is 12.9. The van der Waals surface area contributed by atoms with Gasteiger partial charge in [0.1, 0.15) is 11.4 Å². The highest BCUT2D eigenvalue weighted by atomic mass is 16.5. The summed E-state index contributed by atoms with van der Waals surface area (Å²) in [6, 6.07) is 6.24. The van der Waals surface area contributed by atoms with Gasteiger partial charge in [0, 0.05) is 18.5 Å².